The molecule has 0 aliphatic carbocycles. The molecule has 0 fully saturated rings. The molecule has 1 N–H and O–H groups in total. The van der Waals surface area contributed by atoms with E-state index in [-0.39, 0.29) is 22.7 Å². The Labute approximate surface area is 183 Å². The number of carboxylic acids is 1. The molecule has 0 saturated heterocycles. The van der Waals surface area contributed by atoms with Gasteiger partial charge in [-0.15, -0.1) is 0 Å². The number of nitrogens with zero attached hydrogens (tertiary/aromatic N) is 2. The molecule has 32 heavy (non-hydrogen) atoms. The summed E-state index contributed by atoms with van der Waals surface area (Å²) in [5, 5.41) is 9.06. The molecule has 1 aliphatic rings. The first kappa shape index (κ1) is 21.0. The van der Waals surface area contributed by atoms with Gasteiger partial charge in [0.15, 0.2) is 5.84 Å². The highest BCUT2D eigenvalue weighted by Crippen LogP contribution is 2.30. The van der Waals surface area contributed by atoms with Gasteiger partial charge in [0.2, 0.25) is 0 Å². The molecule has 3 aromatic rings. The Bertz CT molecular complexity index is 1230. The summed E-state index contributed by atoms with van der Waals surface area (Å²) in [6, 6.07) is 19.1. The van der Waals surface area contributed by atoms with Crippen LogP contribution in [0.25, 0.3) is 6.08 Å². The second-order valence-corrected chi connectivity index (χ2v) is 6.94. The predicted molar refractivity (Wildman–Crippen MR) is 119 cm³/mol. The lowest BCUT2D eigenvalue weighted by molar-refractivity contribution is -0.113. The molecule has 0 saturated carbocycles. The van der Waals surface area contributed by atoms with E-state index in [9.17, 15) is 14.0 Å². The Morgan fingerprint density at radius 3 is 2.38 bits per heavy atom. The number of carboxylic acid groups (broad SMARTS) is 1. The molecule has 4 rings (SSSR count). The van der Waals surface area contributed by atoms with E-state index in [4.69, 9.17) is 9.84 Å². The first-order valence-corrected chi connectivity index (χ1v) is 9.94. The summed E-state index contributed by atoms with van der Waals surface area (Å²) in [6.45, 7) is 2.39. The van der Waals surface area contributed by atoms with Gasteiger partial charge in [-0.2, -0.15) is 0 Å². The average Bonchev–Trinajstić information content (AvgIpc) is 3.11. The summed E-state index contributed by atoms with van der Waals surface area (Å²) in [5.74, 6) is -1.13. The largest absolute Gasteiger partial charge is 0.494 e. The van der Waals surface area contributed by atoms with E-state index in [0.717, 1.165) is 0 Å². The van der Waals surface area contributed by atoms with Crippen LogP contribution in [0.4, 0.5) is 10.1 Å². The predicted octanol–water partition coefficient (Wildman–Crippen LogP) is 4.76. The lowest BCUT2D eigenvalue weighted by Gasteiger charge is -2.19. The Morgan fingerprint density at radius 2 is 1.75 bits per heavy atom. The third kappa shape index (κ3) is 4.13. The van der Waals surface area contributed by atoms with Crippen LogP contribution in [-0.2, 0) is 4.79 Å². The van der Waals surface area contributed by atoms with Gasteiger partial charge < -0.3 is 9.84 Å². The molecule has 0 atom stereocenters. The van der Waals surface area contributed by atoms with E-state index in [1.54, 1.807) is 60.7 Å². The molecule has 0 radical (unpaired) electrons. The number of aliphatic imine (C=N–C) groups is 1. The van der Waals surface area contributed by atoms with E-state index < -0.39 is 17.7 Å². The number of carbonyl (C=O) groups is 2. The van der Waals surface area contributed by atoms with Crippen molar-refractivity contribution in [3.8, 4) is 5.75 Å². The summed E-state index contributed by atoms with van der Waals surface area (Å²) in [4.78, 5) is 30.1. The molecule has 1 amide bonds. The fraction of sp³-hybridized carbons (Fsp3) is 0.0800. The Balaban J connectivity index is 1.77. The molecule has 1 heterocycles. The van der Waals surface area contributed by atoms with E-state index in [2.05, 4.69) is 4.99 Å². The van der Waals surface area contributed by atoms with Crippen molar-refractivity contribution in [2.75, 3.05) is 11.5 Å². The summed E-state index contributed by atoms with van der Waals surface area (Å²) >= 11 is 0. The molecule has 1 aliphatic heterocycles. The summed E-state index contributed by atoms with van der Waals surface area (Å²) in [5.41, 5.74) is 1.56. The quantitative estimate of drug-likeness (QED) is 0.572. The number of halogens is 1. The van der Waals surface area contributed by atoms with Crippen LogP contribution in [0.3, 0.4) is 0 Å². The SMILES string of the molecule is CCOc1ccc(N2C(=O)/C(=C/c3ccc(C(=O)O)cc3)N=C2c2ccccc2F)cc1. The number of carbonyl (C=O) groups excluding carboxylic acids is 1. The van der Waals surface area contributed by atoms with Gasteiger partial charge in [0, 0.05) is 0 Å². The lowest BCUT2D eigenvalue weighted by Crippen LogP contribution is -2.33. The van der Waals surface area contributed by atoms with E-state index in [1.165, 1.54) is 23.1 Å². The minimum Gasteiger partial charge on any atom is -0.494 e. The highest BCUT2D eigenvalue weighted by atomic mass is 19.1. The third-order valence-corrected chi connectivity index (χ3v) is 4.84. The maximum atomic E-state index is 14.6. The number of aromatic carboxylic acids is 1. The zero-order valence-corrected chi connectivity index (χ0v) is 17.2. The van der Waals surface area contributed by atoms with Crippen molar-refractivity contribution < 1.29 is 23.8 Å². The van der Waals surface area contributed by atoms with E-state index >= 15 is 0 Å². The number of ether oxygens (including phenoxy) is 1. The monoisotopic (exact) mass is 430 g/mol. The fourth-order valence-corrected chi connectivity index (χ4v) is 3.32. The standard InChI is InChI=1S/C25H19FN2O4/c1-2-32-19-13-11-18(12-14-19)28-23(20-5-3-4-6-21(20)26)27-22(24(28)29)15-16-7-9-17(10-8-16)25(30)31/h3-15H,2H2,1H3,(H,30,31)/b22-15-. The van der Waals surface area contributed by atoms with Crippen LogP contribution < -0.4 is 9.64 Å². The van der Waals surface area contributed by atoms with Crippen molar-refractivity contribution in [3.05, 3.63) is 101 Å². The molecular formula is C25H19FN2O4. The van der Waals surface area contributed by atoms with Gasteiger partial charge >= 0.3 is 5.97 Å². The van der Waals surface area contributed by atoms with Crippen LogP contribution in [0.2, 0.25) is 0 Å². The first-order chi connectivity index (χ1) is 15.5. The van der Waals surface area contributed by atoms with Crippen LogP contribution in [0.5, 0.6) is 5.75 Å². The smallest absolute Gasteiger partial charge is 0.335 e. The van der Waals surface area contributed by atoms with Crippen molar-refractivity contribution >= 4 is 29.5 Å². The van der Waals surface area contributed by atoms with E-state index in [0.29, 0.717) is 23.6 Å². The van der Waals surface area contributed by atoms with Crippen LogP contribution in [-0.4, -0.2) is 29.4 Å². The number of amides is 1. The Morgan fingerprint density at radius 1 is 1.06 bits per heavy atom. The molecule has 7 heteroatoms. The molecule has 160 valence electrons. The topological polar surface area (TPSA) is 79.2 Å². The summed E-state index contributed by atoms with van der Waals surface area (Å²) in [7, 11) is 0. The zero-order valence-electron chi connectivity index (χ0n) is 17.2. The maximum absolute atomic E-state index is 14.6. The first-order valence-electron chi connectivity index (χ1n) is 9.94. The second kappa shape index (κ2) is 8.85. The normalized spacial score (nSPS) is 14.6. The van der Waals surface area contributed by atoms with Crippen LogP contribution in [0.1, 0.15) is 28.4 Å². The number of hydrogen-bond donors (Lipinski definition) is 1. The van der Waals surface area contributed by atoms with Crippen LogP contribution in [0, 0.1) is 5.82 Å². The molecule has 6 nitrogen and oxygen atoms in total. The van der Waals surface area contributed by atoms with Crippen LogP contribution >= 0.6 is 0 Å². The fourth-order valence-electron chi connectivity index (χ4n) is 3.32. The number of hydrogen-bond acceptors (Lipinski definition) is 4. The lowest BCUT2D eigenvalue weighted by atomic mass is 10.1. The van der Waals surface area contributed by atoms with Crippen molar-refractivity contribution in [1.82, 2.24) is 0 Å². The molecular weight excluding hydrogens is 411 g/mol. The average molecular weight is 430 g/mol. The van der Waals surface area contributed by atoms with Crippen molar-refractivity contribution in [2.24, 2.45) is 4.99 Å². The highest BCUT2D eigenvalue weighted by Gasteiger charge is 2.33. The van der Waals surface area contributed by atoms with Crippen molar-refractivity contribution in [1.29, 1.82) is 0 Å². The number of benzene rings is 3. The number of anilines is 1. The number of rotatable bonds is 6. The van der Waals surface area contributed by atoms with Gasteiger partial charge in [-0.3, -0.25) is 9.69 Å². The van der Waals surface area contributed by atoms with Gasteiger partial charge in [0.05, 0.1) is 23.4 Å². The molecule has 0 spiro atoms. The third-order valence-electron chi connectivity index (χ3n) is 4.84. The highest BCUT2D eigenvalue weighted by molar-refractivity contribution is 6.33. The Kier molecular flexibility index (Phi) is 5.81. The van der Waals surface area contributed by atoms with Gasteiger partial charge in [-0.25, -0.2) is 14.2 Å². The molecule has 0 aromatic heterocycles. The summed E-state index contributed by atoms with van der Waals surface area (Å²) in [6.07, 6.45) is 1.55. The summed E-state index contributed by atoms with van der Waals surface area (Å²) < 4.78 is 20.0. The van der Waals surface area contributed by atoms with E-state index in [1.807, 2.05) is 6.92 Å². The van der Waals surface area contributed by atoms with Gasteiger partial charge in [-0.1, -0.05) is 24.3 Å². The molecule has 3 aromatic carbocycles. The second-order valence-electron chi connectivity index (χ2n) is 6.94. The molecule has 0 bridgehead atoms. The van der Waals surface area contributed by atoms with Crippen molar-refractivity contribution in [3.63, 3.8) is 0 Å². The van der Waals surface area contributed by atoms with Crippen LogP contribution in [0.15, 0.2) is 83.5 Å². The Hall–Kier alpha value is -4.26. The minimum absolute atomic E-state index is 0.111. The maximum Gasteiger partial charge on any atom is 0.335 e. The van der Waals surface area contributed by atoms with Gasteiger partial charge in [0.25, 0.3) is 5.91 Å². The zero-order chi connectivity index (χ0) is 22.7. The molecule has 0 unspecified atom stereocenters. The number of amidine groups is 1. The van der Waals surface area contributed by atoms with Gasteiger partial charge in [-0.05, 0) is 67.1 Å². The minimum atomic E-state index is -1.04. The van der Waals surface area contributed by atoms with Gasteiger partial charge in [0.1, 0.15) is 17.3 Å². The van der Waals surface area contributed by atoms with Crippen molar-refractivity contribution in [2.45, 2.75) is 6.92 Å².